The second-order valence-corrected chi connectivity index (χ2v) is 6.85. The number of hydrogen-bond donors (Lipinski definition) is 2. The first-order valence-electron chi connectivity index (χ1n) is 9.36. The molecule has 3 N–H and O–H groups in total. The average molecular weight is 383 g/mol. The van der Waals surface area contributed by atoms with Crippen LogP contribution in [0.15, 0.2) is 35.5 Å². The van der Waals surface area contributed by atoms with Gasteiger partial charge in [-0.15, -0.1) is 0 Å². The fourth-order valence-corrected chi connectivity index (χ4v) is 2.80. The van der Waals surface area contributed by atoms with E-state index in [4.69, 9.17) is 15.3 Å². The lowest BCUT2D eigenvalue weighted by molar-refractivity contribution is 0.0753. The van der Waals surface area contributed by atoms with Crippen LogP contribution in [0.3, 0.4) is 0 Å². The summed E-state index contributed by atoms with van der Waals surface area (Å²) in [6, 6.07) is 8.86. The number of nitrogens with two attached hydrogens (primary N) is 1. The van der Waals surface area contributed by atoms with Gasteiger partial charge in [-0.25, -0.2) is 4.98 Å². The van der Waals surface area contributed by atoms with Gasteiger partial charge in [-0.3, -0.25) is 4.79 Å². The third-order valence-electron chi connectivity index (χ3n) is 4.21. The molecule has 8 heteroatoms. The van der Waals surface area contributed by atoms with Crippen LogP contribution in [-0.2, 0) is 4.84 Å². The van der Waals surface area contributed by atoms with E-state index in [2.05, 4.69) is 20.4 Å². The number of nitrogen functional groups attached to an aromatic ring is 1. The highest BCUT2D eigenvalue weighted by atomic mass is 16.6. The normalized spacial score (nSPS) is 15.9. The zero-order valence-electron chi connectivity index (χ0n) is 16.3. The number of rotatable bonds is 7. The lowest BCUT2D eigenvalue weighted by Crippen LogP contribution is -2.32. The molecule has 148 valence electrons. The van der Waals surface area contributed by atoms with Crippen molar-refractivity contribution in [2.75, 3.05) is 12.3 Å². The molecule has 0 bridgehead atoms. The van der Waals surface area contributed by atoms with Crippen molar-refractivity contribution >= 4 is 17.6 Å². The van der Waals surface area contributed by atoms with Crippen molar-refractivity contribution in [3.63, 3.8) is 0 Å². The van der Waals surface area contributed by atoms with Crippen molar-refractivity contribution in [2.45, 2.75) is 45.8 Å². The Bertz CT molecular complexity index is 865. The lowest BCUT2D eigenvalue weighted by atomic mass is 10.1. The number of benzene rings is 1. The minimum absolute atomic E-state index is 0.0177. The van der Waals surface area contributed by atoms with Crippen LogP contribution in [0.4, 0.5) is 5.95 Å². The van der Waals surface area contributed by atoms with Crippen molar-refractivity contribution in [1.29, 1.82) is 0 Å². The van der Waals surface area contributed by atoms with E-state index >= 15 is 0 Å². The molecule has 2 heterocycles. The van der Waals surface area contributed by atoms with Gasteiger partial charge in [-0.05, 0) is 32.4 Å². The van der Waals surface area contributed by atoms with E-state index < -0.39 is 0 Å². The summed E-state index contributed by atoms with van der Waals surface area (Å²) in [6.07, 6.45) is 1.51. The number of nitrogens with one attached hydrogen (secondary N) is 1. The Hall–Kier alpha value is -3.16. The Morgan fingerprint density at radius 1 is 1.32 bits per heavy atom. The third kappa shape index (κ3) is 4.97. The van der Waals surface area contributed by atoms with Crippen LogP contribution in [0.25, 0.3) is 11.3 Å². The van der Waals surface area contributed by atoms with E-state index in [0.717, 1.165) is 24.1 Å². The van der Waals surface area contributed by atoms with Crippen molar-refractivity contribution in [1.82, 2.24) is 15.3 Å². The maximum Gasteiger partial charge on any atom is 0.251 e. The molecule has 0 spiro atoms. The van der Waals surface area contributed by atoms with Crippen LogP contribution in [0.5, 0.6) is 5.88 Å². The number of aromatic nitrogens is 2. The number of amides is 1. The zero-order valence-corrected chi connectivity index (χ0v) is 16.3. The molecular weight excluding hydrogens is 358 g/mol. The van der Waals surface area contributed by atoms with Gasteiger partial charge >= 0.3 is 0 Å². The SMILES string of the molecule is CCC1=NO[C@@H](CNC(=O)c2ccc(-c3cc(OC(C)C)nc(N)n3)cc2)C1. The van der Waals surface area contributed by atoms with Gasteiger partial charge in [-0.2, -0.15) is 4.98 Å². The fourth-order valence-electron chi connectivity index (χ4n) is 2.80. The molecule has 0 unspecified atom stereocenters. The Morgan fingerprint density at radius 3 is 2.71 bits per heavy atom. The largest absolute Gasteiger partial charge is 0.475 e. The van der Waals surface area contributed by atoms with Gasteiger partial charge in [-0.1, -0.05) is 24.2 Å². The molecule has 0 radical (unpaired) electrons. The van der Waals surface area contributed by atoms with Gasteiger partial charge in [0.25, 0.3) is 5.91 Å². The molecule has 1 aromatic carbocycles. The number of hydrogen-bond acceptors (Lipinski definition) is 7. The molecule has 1 atom stereocenters. The maximum atomic E-state index is 12.4. The second kappa shape index (κ2) is 8.69. The number of oxime groups is 1. The van der Waals surface area contributed by atoms with E-state index in [9.17, 15) is 4.79 Å². The molecule has 1 aliphatic heterocycles. The number of nitrogens with zero attached hydrogens (tertiary/aromatic N) is 3. The summed E-state index contributed by atoms with van der Waals surface area (Å²) < 4.78 is 5.60. The quantitative estimate of drug-likeness (QED) is 0.760. The van der Waals surface area contributed by atoms with Gasteiger partial charge in [0.15, 0.2) is 0 Å². The molecule has 3 rings (SSSR count). The molecule has 0 aliphatic carbocycles. The smallest absolute Gasteiger partial charge is 0.251 e. The van der Waals surface area contributed by atoms with Crippen molar-refractivity contribution in [2.24, 2.45) is 5.16 Å². The summed E-state index contributed by atoms with van der Waals surface area (Å²) >= 11 is 0. The molecule has 0 saturated carbocycles. The highest BCUT2D eigenvalue weighted by Crippen LogP contribution is 2.23. The molecule has 28 heavy (non-hydrogen) atoms. The molecular formula is C20H25N5O3. The van der Waals surface area contributed by atoms with E-state index in [-0.39, 0.29) is 24.1 Å². The summed E-state index contributed by atoms with van der Waals surface area (Å²) in [5.74, 6) is 0.399. The summed E-state index contributed by atoms with van der Waals surface area (Å²) in [5, 5.41) is 6.88. The van der Waals surface area contributed by atoms with E-state index in [1.54, 1.807) is 18.2 Å². The zero-order chi connectivity index (χ0) is 20.1. The van der Waals surface area contributed by atoms with Crippen LogP contribution >= 0.6 is 0 Å². The highest BCUT2D eigenvalue weighted by Gasteiger charge is 2.20. The van der Waals surface area contributed by atoms with Gasteiger partial charge in [0, 0.05) is 23.6 Å². The Labute approximate surface area is 164 Å². The molecule has 2 aromatic rings. The van der Waals surface area contributed by atoms with E-state index in [0.29, 0.717) is 23.7 Å². The summed E-state index contributed by atoms with van der Waals surface area (Å²) in [6.45, 7) is 6.29. The number of carbonyl (C=O) groups is 1. The Balaban J connectivity index is 1.63. The van der Waals surface area contributed by atoms with Crippen LogP contribution < -0.4 is 15.8 Å². The van der Waals surface area contributed by atoms with Gasteiger partial charge in [0.1, 0.15) is 6.10 Å². The number of anilines is 1. The second-order valence-electron chi connectivity index (χ2n) is 6.85. The lowest BCUT2D eigenvalue weighted by Gasteiger charge is -2.11. The average Bonchev–Trinajstić information content (AvgIpc) is 3.13. The number of carbonyl (C=O) groups excluding carboxylic acids is 1. The summed E-state index contributed by atoms with van der Waals surface area (Å²) in [7, 11) is 0. The predicted molar refractivity (Wildman–Crippen MR) is 107 cm³/mol. The van der Waals surface area contributed by atoms with Gasteiger partial charge < -0.3 is 20.6 Å². The van der Waals surface area contributed by atoms with Gasteiger partial charge in [0.05, 0.1) is 24.1 Å². The van der Waals surface area contributed by atoms with Crippen LogP contribution in [-0.4, -0.2) is 40.3 Å². The highest BCUT2D eigenvalue weighted by molar-refractivity contribution is 5.94. The van der Waals surface area contributed by atoms with Crippen LogP contribution in [0, 0.1) is 0 Å². The molecule has 1 aliphatic rings. The third-order valence-corrected chi connectivity index (χ3v) is 4.21. The Morgan fingerprint density at radius 2 is 2.07 bits per heavy atom. The molecule has 0 saturated heterocycles. The fraction of sp³-hybridized carbons (Fsp3) is 0.400. The van der Waals surface area contributed by atoms with E-state index in [1.807, 2.05) is 32.9 Å². The molecule has 0 fully saturated rings. The minimum atomic E-state index is -0.161. The van der Waals surface area contributed by atoms with E-state index in [1.165, 1.54) is 0 Å². The first-order chi connectivity index (χ1) is 13.4. The summed E-state index contributed by atoms with van der Waals surface area (Å²) in [4.78, 5) is 26.0. The van der Waals surface area contributed by atoms with Crippen LogP contribution in [0.2, 0.25) is 0 Å². The topological polar surface area (TPSA) is 112 Å². The maximum absolute atomic E-state index is 12.4. The first kappa shape index (κ1) is 19.6. The van der Waals surface area contributed by atoms with Crippen molar-refractivity contribution < 1.29 is 14.4 Å². The van der Waals surface area contributed by atoms with Gasteiger partial charge in [0.2, 0.25) is 11.8 Å². The molecule has 8 nitrogen and oxygen atoms in total. The first-order valence-corrected chi connectivity index (χ1v) is 9.36. The minimum Gasteiger partial charge on any atom is -0.475 e. The Kier molecular flexibility index (Phi) is 6.08. The summed E-state index contributed by atoms with van der Waals surface area (Å²) in [5.41, 5.74) is 8.82. The molecule has 1 aromatic heterocycles. The standard InChI is InChI=1S/C20H25N5O3/c1-4-15-9-16(28-25-15)11-22-19(26)14-7-5-13(6-8-14)17-10-18(27-12(2)3)24-20(21)23-17/h5-8,10,12,16H,4,9,11H2,1-3H3,(H,22,26)(H2,21,23,24)/t16-/m1/s1. The number of ether oxygens (including phenoxy) is 1. The van der Waals surface area contributed by atoms with Crippen molar-refractivity contribution in [3.8, 4) is 17.1 Å². The molecule has 1 amide bonds. The van der Waals surface area contributed by atoms with Crippen molar-refractivity contribution in [3.05, 3.63) is 35.9 Å². The predicted octanol–water partition coefficient (Wildman–Crippen LogP) is 2.80. The van der Waals surface area contributed by atoms with Crippen LogP contribution in [0.1, 0.15) is 44.0 Å². The monoisotopic (exact) mass is 383 g/mol.